The normalized spacial score (nSPS) is 14.6. The highest BCUT2D eigenvalue weighted by Crippen LogP contribution is 2.46. The Morgan fingerprint density at radius 2 is 1.48 bits per heavy atom. The van der Waals surface area contributed by atoms with Gasteiger partial charge in [-0.1, -0.05) is 58.4 Å². The van der Waals surface area contributed by atoms with Crippen LogP contribution in [0.25, 0.3) is 22.3 Å². The summed E-state index contributed by atoms with van der Waals surface area (Å²) in [6.45, 7) is 4.26. The third kappa shape index (κ3) is 2.47. The van der Waals surface area contributed by atoms with E-state index in [-0.39, 0.29) is 5.60 Å². The van der Waals surface area contributed by atoms with E-state index in [1.54, 1.807) is 0 Å². The van der Waals surface area contributed by atoms with Crippen LogP contribution in [0.2, 0.25) is 0 Å². The number of para-hydroxylation sites is 1. The molecule has 1 heterocycles. The summed E-state index contributed by atoms with van der Waals surface area (Å²) in [6.07, 6.45) is 0. The Bertz CT molecular complexity index is 879. The lowest BCUT2D eigenvalue weighted by molar-refractivity contribution is 0.106. The fourth-order valence-electron chi connectivity index (χ4n) is 3.21. The summed E-state index contributed by atoms with van der Waals surface area (Å²) in [5.74, 6) is 0.960. The Hall–Kier alpha value is -2.06. The first-order valence-electron chi connectivity index (χ1n) is 7.73. The molecule has 2 heteroatoms. The number of rotatable bonds is 1. The standard InChI is InChI=1S/C21H17BrO/c1-21(2)19-13-15(14-7-10-16(22)11-8-14)9-12-17(19)18-5-3-4-6-20(18)23-21/h3-13H,1-2H3. The zero-order chi connectivity index (χ0) is 16.0. The Kier molecular flexibility index (Phi) is 3.31. The maximum absolute atomic E-state index is 6.25. The molecule has 0 unspecified atom stereocenters. The van der Waals surface area contributed by atoms with Gasteiger partial charge in [-0.3, -0.25) is 0 Å². The number of fused-ring (bicyclic) bond motifs is 3. The van der Waals surface area contributed by atoms with Gasteiger partial charge in [0, 0.05) is 15.6 Å². The van der Waals surface area contributed by atoms with E-state index in [4.69, 9.17) is 4.74 Å². The van der Waals surface area contributed by atoms with Gasteiger partial charge in [-0.2, -0.15) is 0 Å². The molecule has 1 aliphatic heterocycles. The van der Waals surface area contributed by atoms with Crippen LogP contribution in [-0.4, -0.2) is 0 Å². The van der Waals surface area contributed by atoms with Crippen molar-refractivity contribution in [1.82, 2.24) is 0 Å². The number of hydrogen-bond acceptors (Lipinski definition) is 1. The topological polar surface area (TPSA) is 9.23 Å². The Labute approximate surface area is 145 Å². The Morgan fingerprint density at radius 3 is 2.26 bits per heavy atom. The predicted molar refractivity (Wildman–Crippen MR) is 98.7 cm³/mol. The van der Waals surface area contributed by atoms with E-state index in [1.807, 2.05) is 12.1 Å². The molecule has 0 spiro atoms. The second-order valence-electron chi connectivity index (χ2n) is 6.38. The SMILES string of the molecule is CC1(C)Oc2ccccc2-c2ccc(-c3ccc(Br)cc3)cc21. The molecule has 0 aromatic heterocycles. The number of ether oxygens (including phenoxy) is 1. The third-order valence-corrected chi connectivity index (χ3v) is 4.92. The van der Waals surface area contributed by atoms with Crippen LogP contribution in [0.15, 0.2) is 71.2 Å². The van der Waals surface area contributed by atoms with Crippen LogP contribution < -0.4 is 4.74 Å². The van der Waals surface area contributed by atoms with Crippen LogP contribution >= 0.6 is 15.9 Å². The van der Waals surface area contributed by atoms with Gasteiger partial charge < -0.3 is 4.74 Å². The minimum absolute atomic E-state index is 0.338. The molecular formula is C21H17BrO. The first-order valence-corrected chi connectivity index (χ1v) is 8.53. The number of benzene rings is 3. The van der Waals surface area contributed by atoms with Gasteiger partial charge in [0.1, 0.15) is 11.4 Å². The molecule has 0 N–H and O–H groups in total. The average Bonchev–Trinajstić information content (AvgIpc) is 2.55. The molecular weight excluding hydrogens is 348 g/mol. The molecule has 0 amide bonds. The van der Waals surface area contributed by atoms with E-state index >= 15 is 0 Å². The van der Waals surface area contributed by atoms with Gasteiger partial charge in [-0.25, -0.2) is 0 Å². The second-order valence-corrected chi connectivity index (χ2v) is 7.29. The zero-order valence-corrected chi connectivity index (χ0v) is 14.7. The highest BCUT2D eigenvalue weighted by atomic mass is 79.9. The molecule has 1 aliphatic rings. The zero-order valence-electron chi connectivity index (χ0n) is 13.1. The van der Waals surface area contributed by atoms with Crippen molar-refractivity contribution in [2.75, 3.05) is 0 Å². The molecule has 23 heavy (non-hydrogen) atoms. The number of halogens is 1. The molecule has 0 fully saturated rings. The smallest absolute Gasteiger partial charge is 0.129 e. The van der Waals surface area contributed by atoms with Gasteiger partial charge in [0.05, 0.1) is 0 Å². The maximum atomic E-state index is 6.25. The molecule has 0 saturated heterocycles. The molecule has 114 valence electrons. The molecule has 0 bridgehead atoms. The summed E-state index contributed by atoms with van der Waals surface area (Å²) >= 11 is 3.49. The van der Waals surface area contributed by atoms with Crippen LogP contribution in [0.5, 0.6) is 5.75 Å². The summed E-state index contributed by atoms with van der Waals surface area (Å²) < 4.78 is 7.34. The first kappa shape index (κ1) is 14.5. The van der Waals surface area contributed by atoms with Gasteiger partial charge in [-0.15, -0.1) is 0 Å². The Morgan fingerprint density at radius 1 is 0.783 bits per heavy atom. The summed E-state index contributed by atoms with van der Waals surface area (Å²) in [7, 11) is 0. The van der Waals surface area contributed by atoms with E-state index in [2.05, 4.69) is 84.4 Å². The van der Waals surface area contributed by atoms with Crippen molar-refractivity contribution in [2.24, 2.45) is 0 Å². The second kappa shape index (κ2) is 5.24. The molecule has 0 saturated carbocycles. The van der Waals surface area contributed by atoms with Crippen LogP contribution in [0.3, 0.4) is 0 Å². The largest absolute Gasteiger partial charge is 0.482 e. The fourth-order valence-corrected chi connectivity index (χ4v) is 3.47. The molecule has 4 rings (SSSR count). The van der Waals surface area contributed by atoms with Gasteiger partial charge in [-0.05, 0) is 54.8 Å². The van der Waals surface area contributed by atoms with E-state index in [0.717, 1.165) is 10.2 Å². The average molecular weight is 365 g/mol. The van der Waals surface area contributed by atoms with Gasteiger partial charge in [0.25, 0.3) is 0 Å². The predicted octanol–water partition coefficient (Wildman–Crippen LogP) is 6.41. The molecule has 0 atom stereocenters. The van der Waals surface area contributed by atoms with E-state index in [9.17, 15) is 0 Å². The first-order chi connectivity index (χ1) is 11.0. The van der Waals surface area contributed by atoms with Gasteiger partial charge >= 0.3 is 0 Å². The van der Waals surface area contributed by atoms with Crippen molar-refractivity contribution in [3.05, 3.63) is 76.8 Å². The van der Waals surface area contributed by atoms with E-state index in [1.165, 1.54) is 27.8 Å². The summed E-state index contributed by atoms with van der Waals surface area (Å²) in [5.41, 5.74) is 5.76. The van der Waals surface area contributed by atoms with Crippen molar-refractivity contribution < 1.29 is 4.74 Å². The van der Waals surface area contributed by atoms with Crippen molar-refractivity contribution in [3.8, 4) is 28.0 Å². The molecule has 1 nitrogen and oxygen atoms in total. The molecule has 0 radical (unpaired) electrons. The van der Waals surface area contributed by atoms with E-state index < -0.39 is 0 Å². The van der Waals surface area contributed by atoms with Crippen LogP contribution in [0, 0.1) is 0 Å². The van der Waals surface area contributed by atoms with Crippen LogP contribution in [-0.2, 0) is 5.60 Å². The quantitative estimate of drug-likeness (QED) is 0.484. The highest BCUT2D eigenvalue weighted by Gasteiger charge is 2.32. The van der Waals surface area contributed by atoms with Crippen molar-refractivity contribution in [3.63, 3.8) is 0 Å². The summed E-state index contributed by atoms with van der Waals surface area (Å²) in [4.78, 5) is 0. The highest BCUT2D eigenvalue weighted by molar-refractivity contribution is 9.10. The van der Waals surface area contributed by atoms with Crippen molar-refractivity contribution in [1.29, 1.82) is 0 Å². The van der Waals surface area contributed by atoms with Gasteiger partial charge in [0.2, 0.25) is 0 Å². The molecule has 3 aromatic carbocycles. The lowest BCUT2D eigenvalue weighted by Crippen LogP contribution is -2.29. The van der Waals surface area contributed by atoms with Crippen molar-refractivity contribution >= 4 is 15.9 Å². The molecule has 0 aliphatic carbocycles. The lowest BCUT2D eigenvalue weighted by atomic mass is 9.84. The van der Waals surface area contributed by atoms with Crippen LogP contribution in [0.1, 0.15) is 19.4 Å². The number of hydrogen-bond donors (Lipinski definition) is 0. The summed E-state index contributed by atoms with van der Waals surface area (Å²) in [6, 6.07) is 23.4. The van der Waals surface area contributed by atoms with Crippen molar-refractivity contribution in [2.45, 2.75) is 19.4 Å². The third-order valence-electron chi connectivity index (χ3n) is 4.39. The monoisotopic (exact) mass is 364 g/mol. The minimum atomic E-state index is -0.338. The minimum Gasteiger partial charge on any atom is -0.482 e. The maximum Gasteiger partial charge on any atom is 0.129 e. The van der Waals surface area contributed by atoms with Gasteiger partial charge in [0.15, 0.2) is 0 Å². The summed E-state index contributed by atoms with van der Waals surface area (Å²) in [5, 5.41) is 0. The van der Waals surface area contributed by atoms with E-state index in [0.29, 0.717) is 0 Å². The Balaban J connectivity index is 1.90. The fraction of sp³-hybridized carbons (Fsp3) is 0.143. The molecule has 3 aromatic rings. The lowest BCUT2D eigenvalue weighted by Gasteiger charge is -2.35. The van der Waals surface area contributed by atoms with Crippen LogP contribution in [0.4, 0.5) is 0 Å².